The van der Waals surface area contributed by atoms with E-state index in [4.69, 9.17) is 14.6 Å². The number of aryl methyl sites for hydroxylation is 2. The summed E-state index contributed by atoms with van der Waals surface area (Å²) in [6.45, 7) is 6.90. The molecule has 3 aromatic carbocycles. The zero-order valence-corrected chi connectivity index (χ0v) is 19.2. The summed E-state index contributed by atoms with van der Waals surface area (Å²) in [5.74, 6) is -0.194. The third kappa shape index (κ3) is 6.84. The Balaban J connectivity index is 1.70. The van der Waals surface area contributed by atoms with E-state index in [2.05, 4.69) is 5.32 Å². The van der Waals surface area contributed by atoms with E-state index in [1.54, 1.807) is 6.07 Å². The number of carbonyl (C=O) groups is 2. The van der Waals surface area contributed by atoms with Crippen LogP contribution in [0.2, 0.25) is 0 Å². The molecule has 0 fully saturated rings. The molecule has 0 saturated heterocycles. The van der Waals surface area contributed by atoms with Crippen LogP contribution in [0, 0.1) is 13.8 Å². The van der Waals surface area contributed by atoms with Gasteiger partial charge in [0, 0.05) is 12.1 Å². The van der Waals surface area contributed by atoms with E-state index in [0.29, 0.717) is 12.4 Å². The van der Waals surface area contributed by atoms with E-state index in [-0.39, 0.29) is 19.6 Å². The van der Waals surface area contributed by atoms with Gasteiger partial charge in [0.15, 0.2) is 0 Å². The molecule has 6 nitrogen and oxygen atoms in total. The third-order valence-electron chi connectivity index (χ3n) is 5.34. The molecular weight excluding hydrogens is 418 g/mol. The fourth-order valence-corrected chi connectivity index (χ4v) is 3.49. The third-order valence-corrected chi connectivity index (χ3v) is 5.34. The Morgan fingerprint density at radius 1 is 0.909 bits per heavy atom. The Kier molecular flexibility index (Phi) is 8.08. The van der Waals surface area contributed by atoms with Gasteiger partial charge in [0.1, 0.15) is 12.4 Å². The molecule has 6 heteroatoms. The van der Waals surface area contributed by atoms with Crippen molar-refractivity contribution in [2.75, 3.05) is 6.61 Å². The van der Waals surface area contributed by atoms with Gasteiger partial charge < -0.3 is 19.9 Å². The Hall–Kier alpha value is -3.80. The quantitative estimate of drug-likeness (QED) is 0.457. The van der Waals surface area contributed by atoms with Crippen LogP contribution in [-0.2, 0) is 29.1 Å². The summed E-state index contributed by atoms with van der Waals surface area (Å²) >= 11 is 0. The minimum Gasteiger partial charge on any atom is -0.494 e. The zero-order chi connectivity index (χ0) is 23.8. The molecule has 0 aliphatic heterocycles. The van der Waals surface area contributed by atoms with Gasteiger partial charge in [0.25, 0.3) is 0 Å². The molecule has 0 radical (unpaired) electrons. The van der Waals surface area contributed by atoms with Crippen LogP contribution < -0.4 is 10.1 Å². The number of amides is 1. The Bertz CT molecular complexity index is 1140. The van der Waals surface area contributed by atoms with Crippen LogP contribution in [0.3, 0.4) is 0 Å². The summed E-state index contributed by atoms with van der Waals surface area (Å²) in [7, 11) is 0. The average molecular weight is 448 g/mol. The molecule has 0 aliphatic carbocycles. The van der Waals surface area contributed by atoms with Gasteiger partial charge in [-0.15, -0.1) is 0 Å². The van der Waals surface area contributed by atoms with Gasteiger partial charge in [-0.05, 0) is 66.3 Å². The van der Waals surface area contributed by atoms with Crippen LogP contribution in [0.15, 0.2) is 60.7 Å². The number of rotatable bonds is 9. The first kappa shape index (κ1) is 23.9. The van der Waals surface area contributed by atoms with Gasteiger partial charge in [0.2, 0.25) is 0 Å². The number of carboxylic acids is 1. The van der Waals surface area contributed by atoms with Crippen molar-refractivity contribution in [3.8, 4) is 16.9 Å². The van der Waals surface area contributed by atoms with E-state index in [1.807, 2.05) is 75.4 Å². The molecule has 2 N–H and O–H groups in total. The summed E-state index contributed by atoms with van der Waals surface area (Å²) < 4.78 is 11.1. The highest BCUT2D eigenvalue weighted by atomic mass is 16.5. The first-order valence-electron chi connectivity index (χ1n) is 10.9. The number of benzene rings is 3. The predicted molar refractivity (Wildman–Crippen MR) is 127 cm³/mol. The zero-order valence-electron chi connectivity index (χ0n) is 19.2. The summed E-state index contributed by atoms with van der Waals surface area (Å²) in [5, 5.41) is 11.9. The lowest BCUT2D eigenvalue weighted by Gasteiger charge is -2.14. The van der Waals surface area contributed by atoms with E-state index >= 15 is 0 Å². The van der Waals surface area contributed by atoms with Crippen molar-refractivity contribution in [1.29, 1.82) is 0 Å². The van der Waals surface area contributed by atoms with Crippen LogP contribution in [0.1, 0.15) is 34.7 Å². The van der Waals surface area contributed by atoms with Crippen molar-refractivity contribution in [2.45, 2.75) is 40.3 Å². The van der Waals surface area contributed by atoms with Crippen molar-refractivity contribution >= 4 is 12.1 Å². The maximum absolute atomic E-state index is 12.3. The largest absolute Gasteiger partial charge is 0.494 e. The maximum atomic E-state index is 12.3. The predicted octanol–water partition coefficient (Wildman–Crippen LogP) is 5.42. The highest BCUT2D eigenvalue weighted by molar-refractivity contribution is 5.73. The smallest absolute Gasteiger partial charge is 0.407 e. The van der Waals surface area contributed by atoms with Gasteiger partial charge in [-0.2, -0.15) is 0 Å². The number of alkyl carbamates (subject to hydrolysis) is 1. The normalized spacial score (nSPS) is 10.5. The Labute approximate surface area is 194 Å². The number of hydrogen-bond donors (Lipinski definition) is 2. The van der Waals surface area contributed by atoms with Crippen molar-refractivity contribution < 1.29 is 24.2 Å². The number of hydrogen-bond acceptors (Lipinski definition) is 4. The molecule has 0 saturated carbocycles. The SMILES string of the molecule is CCOc1ccc(-c2cccc(CC(=O)O)c2)cc1CNC(=O)OCc1ccc(C)c(C)c1. The van der Waals surface area contributed by atoms with E-state index < -0.39 is 12.1 Å². The summed E-state index contributed by atoms with van der Waals surface area (Å²) in [6, 6.07) is 19.1. The first-order valence-corrected chi connectivity index (χ1v) is 10.9. The van der Waals surface area contributed by atoms with Crippen molar-refractivity contribution in [2.24, 2.45) is 0 Å². The molecule has 33 heavy (non-hydrogen) atoms. The summed E-state index contributed by atoms with van der Waals surface area (Å²) in [4.78, 5) is 23.3. The van der Waals surface area contributed by atoms with Gasteiger partial charge in [0.05, 0.1) is 13.0 Å². The summed E-state index contributed by atoms with van der Waals surface area (Å²) in [6.07, 6.45) is -0.546. The molecule has 1 amide bonds. The lowest BCUT2D eigenvalue weighted by atomic mass is 9.99. The molecule has 0 aliphatic rings. The van der Waals surface area contributed by atoms with Crippen molar-refractivity contribution in [1.82, 2.24) is 5.32 Å². The molecule has 0 bridgehead atoms. The molecule has 172 valence electrons. The number of nitrogens with one attached hydrogen (secondary N) is 1. The van der Waals surface area contributed by atoms with Crippen LogP contribution in [-0.4, -0.2) is 23.8 Å². The monoisotopic (exact) mass is 447 g/mol. The second-order valence-corrected chi connectivity index (χ2v) is 7.87. The van der Waals surface area contributed by atoms with Gasteiger partial charge in [-0.1, -0.05) is 48.5 Å². The van der Waals surface area contributed by atoms with Gasteiger partial charge in [-0.25, -0.2) is 4.79 Å². The Morgan fingerprint density at radius 3 is 2.42 bits per heavy atom. The molecule has 0 aromatic heterocycles. The molecule has 0 unspecified atom stereocenters. The lowest BCUT2D eigenvalue weighted by Crippen LogP contribution is -2.24. The topological polar surface area (TPSA) is 84.9 Å². The van der Waals surface area contributed by atoms with Crippen LogP contribution in [0.5, 0.6) is 5.75 Å². The van der Waals surface area contributed by atoms with Crippen LogP contribution in [0.4, 0.5) is 4.79 Å². The lowest BCUT2D eigenvalue weighted by molar-refractivity contribution is -0.136. The average Bonchev–Trinajstić information content (AvgIpc) is 2.79. The maximum Gasteiger partial charge on any atom is 0.407 e. The number of ether oxygens (including phenoxy) is 2. The second-order valence-electron chi connectivity index (χ2n) is 7.87. The molecular formula is C27H29NO5. The van der Waals surface area contributed by atoms with Gasteiger partial charge in [-0.3, -0.25) is 4.79 Å². The highest BCUT2D eigenvalue weighted by Crippen LogP contribution is 2.28. The van der Waals surface area contributed by atoms with Crippen molar-refractivity contribution in [3.63, 3.8) is 0 Å². The molecule has 0 atom stereocenters. The fourth-order valence-electron chi connectivity index (χ4n) is 3.49. The molecule has 0 spiro atoms. The van der Waals surface area contributed by atoms with E-state index in [1.165, 1.54) is 5.56 Å². The summed E-state index contributed by atoms with van der Waals surface area (Å²) in [5.41, 5.74) is 6.62. The van der Waals surface area contributed by atoms with E-state index in [0.717, 1.165) is 33.4 Å². The number of carbonyl (C=O) groups excluding carboxylic acids is 1. The van der Waals surface area contributed by atoms with Crippen LogP contribution >= 0.6 is 0 Å². The molecule has 3 rings (SSSR count). The minimum absolute atomic E-state index is 0.0361. The standard InChI is InChI=1S/C27H29NO5/c1-4-32-25-11-10-23(22-7-5-6-20(13-22)14-26(29)30)15-24(25)16-28-27(31)33-17-21-9-8-18(2)19(3)12-21/h5-13,15H,4,14,16-17H2,1-3H3,(H,28,31)(H,29,30). The number of carboxylic acid groups (broad SMARTS) is 1. The van der Waals surface area contributed by atoms with Crippen molar-refractivity contribution in [3.05, 3.63) is 88.5 Å². The first-order chi connectivity index (χ1) is 15.9. The molecule has 3 aromatic rings. The van der Waals surface area contributed by atoms with E-state index in [9.17, 15) is 9.59 Å². The fraction of sp³-hybridized carbons (Fsp3) is 0.259. The Morgan fingerprint density at radius 2 is 1.70 bits per heavy atom. The highest BCUT2D eigenvalue weighted by Gasteiger charge is 2.11. The second kappa shape index (κ2) is 11.2. The van der Waals surface area contributed by atoms with Gasteiger partial charge >= 0.3 is 12.1 Å². The number of aliphatic carboxylic acids is 1. The molecule has 0 heterocycles. The van der Waals surface area contributed by atoms with Crippen LogP contribution in [0.25, 0.3) is 11.1 Å². The minimum atomic E-state index is -0.872.